The molecule has 118 valence electrons. The Bertz CT molecular complexity index is 493. The van der Waals surface area contributed by atoms with Gasteiger partial charge in [-0.2, -0.15) is 0 Å². The minimum Gasteiger partial charge on any atom is -0.340 e. The van der Waals surface area contributed by atoms with E-state index in [1.807, 2.05) is 25.1 Å². The second-order valence-corrected chi connectivity index (χ2v) is 6.55. The molecule has 21 heavy (non-hydrogen) atoms. The molecule has 1 aromatic heterocycles. The van der Waals surface area contributed by atoms with Crippen molar-refractivity contribution >= 4 is 11.7 Å². The number of nitrogens with zero attached hydrogens (tertiary/aromatic N) is 3. The first-order chi connectivity index (χ1) is 9.65. The first-order valence-electron chi connectivity index (χ1n) is 7.04. The van der Waals surface area contributed by atoms with Crippen molar-refractivity contribution in [1.82, 2.24) is 14.8 Å². The molecule has 1 amide bonds. The minimum absolute atomic E-state index is 0.0266. The Balaban J connectivity index is 3.03. The number of carbonyl (C=O) groups is 1. The van der Waals surface area contributed by atoms with Crippen LogP contribution in [0.2, 0.25) is 0 Å². The van der Waals surface area contributed by atoms with Gasteiger partial charge in [0.05, 0.1) is 0 Å². The maximum atomic E-state index is 12.5. The first kappa shape index (κ1) is 17.4. The highest BCUT2D eigenvalue weighted by Gasteiger charge is 2.20. The number of anilines is 1. The molecule has 0 aliphatic rings. The number of nitrogens with one attached hydrogen (secondary N) is 1. The van der Waals surface area contributed by atoms with Gasteiger partial charge in [-0.1, -0.05) is 20.8 Å². The Morgan fingerprint density at radius 3 is 2.33 bits per heavy atom. The molecule has 0 fully saturated rings. The molecular formula is C15H27N5O. The molecule has 1 heterocycles. The lowest BCUT2D eigenvalue weighted by Gasteiger charge is -2.22. The number of hydrogen-bond acceptors (Lipinski definition) is 5. The van der Waals surface area contributed by atoms with Gasteiger partial charge in [-0.3, -0.25) is 4.79 Å². The fourth-order valence-corrected chi connectivity index (χ4v) is 1.78. The van der Waals surface area contributed by atoms with Crippen molar-refractivity contribution in [3.63, 3.8) is 0 Å². The van der Waals surface area contributed by atoms with Gasteiger partial charge in [0.15, 0.2) is 0 Å². The largest absolute Gasteiger partial charge is 0.340 e. The third-order valence-electron chi connectivity index (χ3n) is 3.22. The summed E-state index contributed by atoms with van der Waals surface area (Å²) in [6.07, 6.45) is 0. The highest BCUT2D eigenvalue weighted by atomic mass is 16.2. The predicted molar refractivity (Wildman–Crippen MR) is 86.3 cm³/mol. The third-order valence-corrected chi connectivity index (χ3v) is 3.22. The number of hydrogen-bond donors (Lipinski definition) is 2. The molecule has 0 aliphatic heterocycles. The summed E-state index contributed by atoms with van der Waals surface area (Å²) in [5.41, 5.74) is 3.82. The monoisotopic (exact) mass is 293 g/mol. The van der Waals surface area contributed by atoms with Gasteiger partial charge >= 0.3 is 0 Å². The van der Waals surface area contributed by atoms with E-state index in [0.717, 1.165) is 12.2 Å². The maximum absolute atomic E-state index is 12.5. The molecule has 3 N–H and O–H groups in total. The van der Waals surface area contributed by atoms with Crippen molar-refractivity contribution in [2.24, 2.45) is 5.84 Å². The summed E-state index contributed by atoms with van der Waals surface area (Å²) in [5.74, 6) is 5.94. The Kier molecular flexibility index (Phi) is 5.69. The molecule has 0 aromatic carbocycles. The van der Waals surface area contributed by atoms with Crippen LogP contribution in [0.4, 0.5) is 5.82 Å². The van der Waals surface area contributed by atoms with E-state index in [-0.39, 0.29) is 11.3 Å². The van der Waals surface area contributed by atoms with E-state index in [2.05, 4.69) is 31.2 Å². The van der Waals surface area contributed by atoms with Crippen LogP contribution < -0.4 is 11.3 Å². The van der Waals surface area contributed by atoms with E-state index in [1.54, 1.807) is 18.0 Å². The van der Waals surface area contributed by atoms with Crippen LogP contribution in [0, 0.1) is 0 Å². The lowest BCUT2D eigenvalue weighted by molar-refractivity contribution is 0.0786. The summed E-state index contributed by atoms with van der Waals surface area (Å²) in [5, 5.41) is 0. The van der Waals surface area contributed by atoms with Crippen LogP contribution in [0.3, 0.4) is 0 Å². The van der Waals surface area contributed by atoms with Crippen LogP contribution in [-0.4, -0.2) is 54.9 Å². The number of aromatic nitrogens is 1. The summed E-state index contributed by atoms with van der Waals surface area (Å²) in [6.45, 7) is 7.66. The van der Waals surface area contributed by atoms with Gasteiger partial charge in [-0.15, -0.1) is 0 Å². The fraction of sp³-hybridized carbons (Fsp3) is 0.600. The number of amides is 1. The lowest BCUT2D eigenvalue weighted by Crippen LogP contribution is -2.34. The zero-order chi connectivity index (χ0) is 16.2. The summed E-state index contributed by atoms with van der Waals surface area (Å²) < 4.78 is 0. The Hall–Kier alpha value is -1.66. The highest BCUT2D eigenvalue weighted by Crippen LogP contribution is 2.23. The summed E-state index contributed by atoms with van der Waals surface area (Å²) in [6, 6.07) is 3.53. The molecule has 1 rings (SSSR count). The van der Waals surface area contributed by atoms with Gasteiger partial charge in [0, 0.05) is 36.8 Å². The number of likely N-dealkylation sites (N-methyl/N-ethyl adjacent to an activating group) is 2. The Morgan fingerprint density at radius 1 is 1.24 bits per heavy atom. The van der Waals surface area contributed by atoms with Gasteiger partial charge in [-0.25, -0.2) is 10.8 Å². The van der Waals surface area contributed by atoms with Crippen LogP contribution in [-0.2, 0) is 5.41 Å². The molecule has 0 unspecified atom stereocenters. The summed E-state index contributed by atoms with van der Waals surface area (Å²) in [7, 11) is 5.77. The molecule has 6 heteroatoms. The van der Waals surface area contributed by atoms with Gasteiger partial charge in [0.1, 0.15) is 5.82 Å². The van der Waals surface area contributed by atoms with E-state index in [1.165, 1.54) is 0 Å². The zero-order valence-corrected chi connectivity index (χ0v) is 13.9. The number of nitrogens with two attached hydrogens (primary N) is 1. The van der Waals surface area contributed by atoms with Crippen molar-refractivity contribution in [3.8, 4) is 0 Å². The topological polar surface area (TPSA) is 74.5 Å². The summed E-state index contributed by atoms with van der Waals surface area (Å²) in [4.78, 5) is 20.7. The molecule has 0 bridgehead atoms. The standard InChI is InChI=1S/C15H27N5O/c1-15(2,3)12-9-11(10-13(17-12)18-16)14(21)20(6)8-7-19(4)5/h9-10H,7-8,16H2,1-6H3,(H,17,18). The highest BCUT2D eigenvalue weighted by molar-refractivity contribution is 5.95. The number of rotatable bonds is 5. The lowest BCUT2D eigenvalue weighted by atomic mass is 9.90. The quantitative estimate of drug-likeness (QED) is 0.632. The second kappa shape index (κ2) is 6.87. The van der Waals surface area contributed by atoms with Gasteiger partial charge in [-0.05, 0) is 26.2 Å². The molecule has 0 spiro atoms. The molecule has 6 nitrogen and oxygen atoms in total. The molecular weight excluding hydrogens is 266 g/mol. The van der Waals surface area contributed by atoms with Crippen LogP contribution >= 0.6 is 0 Å². The van der Waals surface area contributed by atoms with Crippen LogP contribution in [0.5, 0.6) is 0 Å². The molecule has 0 atom stereocenters. The predicted octanol–water partition coefficient (Wildman–Crippen LogP) is 1.30. The van der Waals surface area contributed by atoms with E-state index >= 15 is 0 Å². The van der Waals surface area contributed by atoms with Crippen molar-refractivity contribution in [3.05, 3.63) is 23.4 Å². The number of nitrogen functional groups attached to an aromatic ring is 1. The summed E-state index contributed by atoms with van der Waals surface area (Å²) >= 11 is 0. The van der Waals surface area contributed by atoms with Crippen LogP contribution in [0.25, 0.3) is 0 Å². The molecule has 0 aliphatic carbocycles. The molecule has 0 saturated carbocycles. The van der Waals surface area contributed by atoms with Crippen LogP contribution in [0.15, 0.2) is 12.1 Å². The smallest absolute Gasteiger partial charge is 0.253 e. The first-order valence-corrected chi connectivity index (χ1v) is 7.04. The van der Waals surface area contributed by atoms with E-state index in [9.17, 15) is 4.79 Å². The van der Waals surface area contributed by atoms with E-state index in [4.69, 9.17) is 5.84 Å². The van der Waals surface area contributed by atoms with Crippen molar-refractivity contribution in [2.45, 2.75) is 26.2 Å². The zero-order valence-electron chi connectivity index (χ0n) is 13.9. The van der Waals surface area contributed by atoms with Gasteiger partial charge < -0.3 is 15.2 Å². The average molecular weight is 293 g/mol. The second-order valence-electron chi connectivity index (χ2n) is 6.55. The van der Waals surface area contributed by atoms with Gasteiger partial charge in [0.2, 0.25) is 0 Å². The minimum atomic E-state index is -0.149. The normalized spacial score (nSPS) is 11.6. The molecule has 1 aromatic rings. The van der Waals surface area contributed by atoms with Gasteiger partial charge in [0.25, 0.3) is 5.91 Å². The van der Waals surface area contributed by atoms with E-state index < -0.39 is 0 Å². The average Bonchev–Trinajstić information content (AvgIpc) is 2.42. The van der Waals surface area contributed by atoms with Crippen LogP contribution in [0.1, 0.15) is 36.8 Å². The molecule has 0 saturated heterocycles. The Labute approximate surface area is 127 Å². The molecule has 0 radical (unpaired) electrons. The fourth-order valence-electron chi connectivity index (χ4n) is 1.78. The van der Waals surface area contributed by atoms with Crippen molar-refractivity contribution in [2.75, 3.05) is 39.7 Å². The Morgan fingerprint density at radius 2 is 1.86 bits per heavy atom. The third kappa shape index (κ3) is 4.99. The van der Waals surface area contributed by atoms with E-state index in [0.29, 0.717) is 17.9 Å². The number of hydrazine groups is 1. The van der Waals surface area contributed by atoms with Crippen molar-refractivity contribution in [1.29, 1.82) is 0 Å². The maximum Gasteiger partial charge on any atom is 0.253 e. The van der Waals surface area contributed by atoms with Crippen molar-refractivity contribution < 1.29 is 4.79 Å². The number of carbonyl (C=O) groups excluding carboxylic acids is 1. The SMILES string of the molecule is CN(C)CCN(C)C(=O)c1cc(NN)nc(C(C)(C)C)c1. The number of pyridine rings is 1.